The van der Waals surface area contributed by atoms with Crippen LogP contribution in [0.3, 0.4) is 0 Å². The van der Waals surface area contributed by atoms with Crippen molar-refractivity contribution in [3.63, 3.8) is 0 Å². The van der Waals surface area contributed by atoms with Crippen LogP contribution >= 0.6 is 0 Å². The molecule has 2 N–H and O–H groups in total. The Kier molecular flexibility index (Phi) is 8.11. The van der Waals surface area contributed by atoms with Gasteiger partial charge in [0.2, 0.25) is 5.91 Å². The third-order valence-electron chi connectivity index (χ3n) is 2.42. The lowest BCUT2D eigenvalue weighted by Crippen LogP contribution is -2.33. The average Bonchev–Trinajstić information content (AvgIpc) is 2.31. The van der Waals surface area contributed by atoms with Gasteiger partial charge in [-0.25, -0.2) is 4.79 Å². The maximum absolute atomic E-state index is 11.3. The van der Waals surface area contributed by atoms with Crippen molar-refractivity contribution in [2.24, 2.45) is 0 Å². The molecule has 6 nitrogen and oxygen atoms in total. The summed E-state index contributed by atoms with van der Waals surface area (Å²) in [7, 11) is 3.05. The van der Waals surface area contributed by atoms with E-state index in [1.807, 2.05) is 13.8 Å². The van der Waals surface area contributed by atoms with Crippen LogP contribution in [-0.2, 0) is 14.3 Å². The predicted octanol–water partition coefficient (Wildman–Crippen LogP) is 1.40. The second kappa shape index (κ2) is 8.74. The highest BCUT2D eigenvalue weighted by Crippen LogP contribution is 2.18. The fourth-order valence-electron chi connectivity index (χ4n) is 1.43. The first-order valence-corrected chi connectivity index (χ1v) is 6.07. The highest BCUT2D eigenvalue weighted by Gasteiger charge is 2.21. The zero-order chi connectivity index (χ0) is 14.0. The molecule has 0 radical (unpaired) electrons. The zero-order valence-electron chi connectivity index (χ0n) is 11.7. The molecule has 0 aromatic heterocycles. The Labute approximate surface area is 108 Å². The van der Waals surface area contributed by atoms with Crippen molar-refractivity contribution in [3.8, 4) is 0 Å². The fourth-order valence-corrected chi connectivity index (χ4v) is 1.43. The molecule has 6 heteroatoms. The van der Waals surface area contributed by atoms with Crippen LogP contribution < -0.4 is 10.6 Å². The summed E-state index contributed by atoms with van der Waals surface area (Å²) < 4.78 is 9.92. The van der Waals surface area contributed by atoms with Crippen LogP contribution in [0.5, 0.6) is 0 Å². The second-order valence-corrected chi connectivity index (χ2v) is 4.64. The van der Waals surface area contributed by atoms with Crippen molar-refractivity contribution in [1.29, 1.82) is 0 Å². The van der Waals surface area contributed by atoms with Gasteiger partial charge in [0.1, 0.15) is 12.3 Å². The van der Waals surface area contributed by atoms with E-state index in [1.54, 1.807) is 0 Å². The van der Waals surface area contributed by atoms with E-state index in [0.717, 1.165) is 19.3 Å². The largest absolute Gasteiger partial charge is 0.444 e. The molecule has 0 saturated carbocycles. The Morgan fingerprint density at radius 3 is 2.44 bits per heavy atom. The summed E-state index contributed by atoms with van der Waals surface area (Å²) in [5.74, 6) is -0.0260. The monoisotopic (exact) mass is 260 g/mol. The molecular formula is C12H24N2O4. The van der Waals surface area contributed by atoms with Gasteiger partial charge in [-0.15, -0.1) is 0 Å². The normalized spacial score (nSPS) is 10.9. The van der Waals surface area contributed by atoms with E-state index in [-0.39, 0.29) is 12.6 Å². The van der Waals surface area contributed by atoms with Crippen molar-refractivity contribution < 1.29 is 19.1 Å². The van der Waals surface area contributed by atoms with Crippen LogP contribution in [0, 0.1) is 0 Å². The fraction of sp³-hybridized carbons (Fsp3) is 0.833. The van der Waals surface area contributed by atoms with Crippen LogP contribution in [-0.4, -0.2) is 38.5 Å². The molecule has 0 rings (SSSR count). The van der Waals surface area contributed by atoms with Gasteiger partial charge in [-0.05, 0) is 33.1 Å². The summed E-state index contributed by atoms with van der Waals surface area (Å²) in [4.78, 5) is 22.3. The van der Waals surface area contributed by atoms with Crippen LogP contribution in [0.4, 0.5) is 4.79 Å². The van der Waals surface area contributed by atoms with Crippen LogP contribution in [0.15, 0.2) is 0 Å². The molecule has 0 unspecified atom stereocenters. The van der Waals surface area contributed by atoms with Crippen LogP contribution in [0.25, 0.3) is 0 Å². The standard InChI is InChI=1S/C12H24N2O4/c1-12(2,18-11(16)13-3)8-6-5-7-10(15)14-9-17-4/h5-9H2,1-4H3,(H,13,16)(H,14,15). The minimum absolute atomic E-state index is 0.0260. The number of hydrogen-bond acceptors (Lipinski definition) is 4. The molecule has 0 aliphatic rings. The van der Waals surface area contributed by atoms with E-state index in [1.165, 1.54) is 14.2 Å². The molecule has 0 aromatic carbocycles. The molecule has 0 aliphatic heterocycles. The van der Waals surface area contributed by atoms with E-state index in [2.05, 4.69) is 10.6 Å². The van der Waals surface area contributed by atoms with Gasteiger partial charge in [-0.1, -0.05) is 0 Å². The second-order valence-electron chi connectivity index (χ2n) is 4.64. The predicted molar refractivity (Wildman–Crippen MR) is 68.1 cm³/mol. The van der Waals surface area contributed by atoms with Crippen molar-refractivity contribution >= 4 is 12.0 Å². The number of hydrogen-bond donors (Lipinski definition) is 2. The average molecular weight is 260 g/mol. The van der Waals surface area contributed by atoms with E-state index in [0.29, 0.717) is 6.42 Å². The van der Waals surface area contributed by atoms with E-state index in [4.69, 9.17) is 9.47 Å². The number of methoxy groups -OCH3 is 1. The lowest BCUT2D eigenvalue weighted by molar-refractivity contribution is -0.122. The quantitative estimate of drug-likeness (QED) is 0.511. The summed E-state index contributed by atoms with van der Waals surface area (Å²) in [5, 5.41) is 5.03. The lowest BCUT2D eigenvalue weighted by Gasteiger charge is -2.24. The Bertz CT molecular complexity index is 267. The van der Waals surface area contributed by atoms with Gasteiger partial charge in [-0.2, -0.15) is 0 Å². The van der Waals surface area contributed by atoms with E-state index in [9.17, 15) is 9.59 Å². The van der Waals surface area contributed by atoms with Gasteiger partial charge in [0.15, 0.2) is 0 Å². The lowest BCUT2D eigenvalue weighted by atomic mass is 10.0. The maximum atomic E-state index is 11.3. The Morgan fingerprint density at radius 2 is 1.89 bits per heavy atom. The first-order chi connectivity index (χ1) is 8.41. The number of nitrogens with one attached hydrogen (secondary N) is 2. The molecule has 0 aliphatic carbocycles. The number of rotatable bonds is 8. The molecule has 0 bridgehead atoms. The Balaban J connectivity index is 3.70. The third kappa shape index (κ3) is 8.81. The summed E-state index contributed by atoms with van der Waals surface area (Å²) in [6, 6.07) is 0. The van der Waals surface area contributed by atoms with Crippen molar-refractivity contribution in [1.82, 2.24) is 10.6 Å². The van der Waals surface area contributed by atoms with Crippen molar-refractivity contribution in [2.45, 2.75) is 45.1 Å². The first kappa shape index (κ1) is 16.7. The van der Waals surface area contributed by atoms with Gasteiger partial charge in [0, 0.05) is 20.6 Å². The topological polar surface area (TPSA) is 76.7 Å². The zero-order valence-corrected chi connectivity index (χ0v) is 11.7. The number of carbonyl (C=O) groups is 2. The number of unbranched alkanes of at least 4 members (excludes halogenated alkanes) is 1. The summed E-state index contributed by atoms with van der Waals surface area (Å²) >= 11 is 0. The molecule has 0 atom stereocenters. The smallest absolute Gasteiger partial charge is 0.407 e. The van der Waals surface area contributed by atoms with Gasteiger partial charge in [0.05, 0.1) is 0 Å². The Hall–Kier alpha value is -1.30. The van der Waals surface area contributed by atoms with Gasteiger partial charge in [0.25, 0.3) is 0 Å². The Morgan fingerprint density at radius 1 is 1.22 bits per heavy atom. The molecule has 0 spiro atoms. The molecule has 2 amide bonds. The SMILES string of the molecule is CNC(=O)OC(C)(C)CCCCC(=O)NCOC. The number of alkyl carbamates (subject to hydrolysis) is 1. The van der Waals surface area contributed by atoms with Gasteiger partial charge in [-0.3, -0.25) is 4.79 Å². The molecule has 0 aromatic rings. The summed E-state index contributed by atoms with van der Waals surface area (Å²) in [6.45, 7) is 3.95. The number of ether oxygens (including phenoxy) is 2. The highest BCUT2D eigenvalue weighted by atomic mass is 16.6. The van der Waals surface area contributed by atoms with Gasteiger partial charge >= 0.3 is 6.09 Å². The molecule has 0 heterocycles. The van der Waals surface area contributed by atoms with E-state index >= 15 is 0 Å². The molecule has 0 saturated heterocycles. The highest BCUT2D eigenvalue weighted by molar-refractivity contribution is 5.75. The van der Waals surface area contributed by atoms with Crippen LogP contribution in [0.2, 0.25) is 0 Å². The molecule has 18 heavy (non-hydrogen) atoms. The minimum atomic E-state index is -0.511. The summed E-state index contributed by atoms with van der Waals surface area (Å²) in [5.41, 5.74) is -0.511. The van der Waals surface area contributed by atoms with Gasteiger partial charge < -0.3 is 20.1 Å². The number of amides is 2. The molecule has 106 valence electrons. The van der Waals surface area contributed by atoms with Crippen molar-refractivity contribution in [3.05, 3.63) is 0 Å². The van der Waals surface area contributed by atoms with Crippen LogP contribution in [0.1, 0.15) is 39.5 Å². The minimum Gasteiger partial charge on any atom is -0.444 e. The van der Waals surface area contributed by atoms with E-state index < -0.39 is 11.7 Å². The maximum Gasteiger partial charge on any atom is 0.407 e. The summed E-state index contributed by atoms with van der Waals surface area (Å²) in [6.07, 6.45) is 2.33. The number of carbonyl (C=O) groups excluding carboxylic acids is 2. The molecular weight excluding hydrogens is 236 g/mol. The third-order valence-corrected chi connectivity index (χ3v) is 2.42. The first-order valence-electron chi connectivity index (χ1n) is 6.07. The molecule has 0 fully saturated rings. The van der Waals surface area contributed by atoms with Crippen molar-refractivity contribution in [2.75, 3.05) is 20.9 Å².